The van der Waals surface area contributed by atoms with E-state index < -0.39 is 17.2 Å². The van der Waals surface area contributed by atoms with E-state index in [0.29, 0.717) is 5.56 Å². The smallest absolute Gasteiger partial charge is 0.162 e. The first-order chi connectivity index (χ1) is 9.55. The van der Waals surface area contributed by atoms with Gasteiger partial charge in [0.1, 0.15) is 12.4 Å². The van der Waals surface area contributed by atoms with E-state index in [9.17, 15) is 13.9 Å². The van der Waals surface area contributed by atoms with Gasteiger partial charge in [0, 0.05) is 6.07 Å². The molecule has 0 aliphatic heterocycles. The first-order valence-electron chi connectivity index (χ1n) is 6.08. The zero-order valence-corrected chi connectivity index (χ0v) is 10.7. The quantitative estimate of drug-likeness (QED) is 0.882. The van der Waals surface area contributed by atoms with Crippen molar-refractivity contribution in [3.05, 3.63) is 65.7 Å². The Morgan fingerprint density at radius 3 is 2.35 bits per heavy atom. The number of hydrogen-bond acceptors (Lipinski definition) is 3. The Hall–Kier alpha value is -1.98. The van der Waals surface area contributed by atoms with Gasteiger partial charge in [-0.05, 0) is 17.7 Å². The summed E-state index contributed by atoms with van der Waals surface area (Å²) in [7, 11) is 0. The Bertz CT molecular complexity index is 577. The minimum Gasteiger partial charge on any atom is -0.491 e. The number of rotatable bonds is 5. The molecular weight excluding hydrogens is 264 g/mol. The van der Waals surface area contributed by atoms with Crippen molar-refractivity contribution in [3.8, 4) is 5.75 Å². The lowest BCUT2D eigenvalue weighted by molar-refractivity contribution is 0.133. The van der Waals surface area contributed by atoms with Gasteiger partial charge >= 0.3 is 0 Å². The summed E-state index contributed by atoms with van der Waals surface area (Å²) in [5.74, 6) is -1.78. The first-order valence-corrected chi connectivity index (χ1v) is 6.08. The Morgan fingerprint density at radius 2 is 1.75 bits per heavy atom. The average Bonchev–Trinajstić information content (AvgIpc) is 2.49. The molecular formula is C15H15F2NO2. The molecule has 20 heavy (non-hydrogen) atoms. The van der Waals surface area contributed by atoms with Crippen LogP contribution in [0, 0.1) is 11.6 Å². The SMILES string of the molecule is NC(CO)(COc1ccc(F)c(F)c1)c1ccccc1. The lowest BCUT2D eigenvalue weighted by atomic mass is 9.93. The predicted octanol–water partition coefficient (Wildman–Crippen LogP) is 2.19. The van der Waals surface area contributed by atoms with Gasteiger partial charge in [-0.25, -0.2) is 8.78 Å². The third kappa shape index (κ3) is 3.12. The van der Waals surface area contributed by atoms with E-state index in [-0.39, 0.29) is 19.0 Å². The van der Waals surface area contributed by atoms with Gasteiger partial charge in [-0.1, -0.05) is 30.3 Å². The highest BCUT2D eigenvalue weighted by Crippen LogP contribution is 2.21. The summed E-state index contributed by atoms with van der Waals surface area (Å²) in [6, 6.07) is 12.2. The van der Waals surface area contributed by atoms with Gasteiger partial charge in [0.15, 0.2) is 11.6 Å². The maximum absolute atomic E-state index is 13.1. The van der Waals surface area contributed by atoms with Crippen LogP contribution in [0.4, 0.5) is 8.78 Å². The zero-order valence-electron chi connectivity index (χ0n) is 10.7. The summed E-state index contributed by atoms with van der Waals surface area (Å²) in [5.41, 5.74) is 5.69. The minimum absolute atomic E-state index is 0.0570. The van der Waals surface area contributed by atoms with Gasteiger partial charge in [0.25, 0.3) is 0 Å². The van der Waals surface area contributed by atoms with Gasteiger partial charge < -0.3 is 15.6 Å². The lowest BCUT2D eigenvalue weighted by Gasteiger charge is -2.27. The van der Waals surface area contributed by atoms with Crippen LogP contribution in [-0.2, 0) is 5.54 Å². The fourth-order valence-corrected chi connectivity index (χ4v) is 1.77. The van der Waals surface area contributed by atoms with Crippen molar-refractivity contribution < 1.29 is 18.6 Å². The van der Waals surface area contributed by atoms with Gasteiger partial charge in [-0.15, -0.1) is 0 Å². The largest absolute Gasteiger partial charge is 0.491 e. The van der Waals surface area contributed by atoms with Gasteiger partial charge in [-0.3, -0.25) is 0 Å². The third-order valence-corrected chi connectivity index (χ3v) is 3.02. The Labute approximate surface area is 115 Å². The van der Waals surface area contributed by atoms with Crippen LogP contribution in [-0.4, -0.2) is 18.3 Å². The summed E-state index contributed by atoms with van der Waals surface area (Å²) in [5, 5.41) is 9.48. The molecule has 0 saturated heterocycles. The van der Waals surface area contributed by atoms with Crippen LogP contribution in [0.3, 0.4) is 0 Å². The van der Waals surface area contributed by atoms with E-state index >= 15 is 0 Å². The Balaban J connectivity index is 2.13. The normalized spacial score (nSPS) is 13.8. The number of halogens is 2. The van der Waals surface area contributed by atoms with Gasteiger partial charge in [0.05, 0.1) is 12.1 Å². The van der Waals surface area contributed by atoms with E-state index in [2.05, 4.69) is 0 Å². The molecule has 0 aliphatic rings. The highest BCUT2D eigenvalue weighted by molar-refractivity contribution is 5.27. The molecule has 0 aliphatic carbocycles. The van der Waals surface area contributed by atoms with Crippen LogP contribution in [0.2, 0.25) is 0 Å². The van der Waals surface area contributed by atoms with Crippen LogP contribution in [0.25, 0.3) is 0 Å². The molecule has 2 rings (SSSR count). The van der Waals surface area contributed by atoms with E-state index in [1.165, 1.54) is 6.07 Å². The lowest BCUT2D eigenvalue weighted by Crippen LogP contribution is -2.46. The number of aliphatic hydroxyl groups excluding tert-OH is 1. The second-order valence-corrected chi connectivity index (χ2v) is 4.54. The molecule has 2 aromatic rings. The highest BCUT2D eigenvalue weighted by atomic mass is 19.2. The van der Waals surface area contributed by atoms with E-state index in [0.717, 1.165) is 12.1 Å². The predicted molar refractivity (Wildman–Crippen MR) is 71.2 cm³/mol. The summed E-state index contributed by atoms with van der Waals surface area (Å²) in [6.07, 6.45) is 0. The molecule has 0 aromatic heterocycles. The monoisotopic (exact) mass is 279 g/mol. The number of aliphatic hydroxyl groups is 1. The maximum atomic E-state index is 13.1. The van der Waals surface area contributed by atoms with Crippen LogP contribution < -0.4 is 10.5 Å². The first kappa shape index (κ1) is 14.4. The molecule has 3 nitrogen and oxygen atoms in total. The Morgan fingerprint density at radius 1 is 1.05 bits per heavy atom. The number of hydrogen-bond donors (Lipinski definition) is 2. The maximum Gasteiger partial charge on any atom is 0.162 e. The zero-order chi connectivity index (χ0) is 14.6. The van der Waals surface area contributed by atoms with Crippen molar-refractivity contribution in [1.29, 1.82) is 0 Å². The summed E-state index contributed by atoms with van der Waals surface area (Å²) in [6.45, 7) is -0.390. The number of ether oxygens (including phenoxy) is 1. The van der Waals surface area contributed by atoms with Gasteiger partial charge in [0.2, 0.25) is 0 Å². The van der Waals surface area contributed by atoms with E-state index in [1.54, 1.807) is 24.3 Å². The number of nitrogens with two attached hydrogens (primary N) is 1. The minimum atomic E-state index is -1.11. The topological polar surface area (TPSA) is 55.5 Å². The van der Waals surface area contributed by atoms with Crippen molar-refractivity contribution in [2.75, 3.05) is 13.2 Å². The van der Waals surface area contributed by atoms with Gasteiger partial charge in [-0.2, -0.15) is 0 Å². The van der Waals surface area contributed by atoms with Crippen LogP contribution in [0.15, 0.2) is 48.5 Å². The third-order valence-electron chi connectivity index (χ3n) is 3.02. The summed E-state index contributed by atoms with van der Waals surface area (Å²) >= 11 is 0. The van der Waals surface area contributed by atoms with E-state index in [1.807, 2.05) is 6.07 Å². The van der Waals surface area contributed by atoms with Crippen molar-refractivity contribution in [1.82, 2.24) is 0 Å². The fourth-order valence-electron chi connectivity index (χ4n) is 1.77. The van der Waals surface area contributed by atoms with Crippen LogP contribution in [0.5, 0.6) is 5.75 Å². The average molecular weight is 279 g/mol. The molecule has 106 valence electrons. The number of benzene rings is 2. The second kappa shape index (κ2) is 5.98. The molecule has 3 N–H and O–H groups in total. The molecule has 1 atom stereocenters. The molecule has 0 heterocycles. The standard InChI is InChI=1S/C15H15F2NO2/c16-13-7-6-12(8-14(13)17)20-10-15(18,9-19)11-4-2-1-3-5-11/h1-8,19H,9-10,18H2. The molecule has 0 spiro atoms. The van der Waals surface area contributed by atoms with Crippen LogP contribution in [0.1, 0.15) is 5.56 Å². The van der Waals surface area contributed by atoms with Crippen molar-refractivity contribution >= 4 is 0 Å². The molecule has 0 saturated carbocycles. The summed E-state index contributed by atoms with van der Waals surface area (Å²) in [4.78, 5) is 0. The molecule has 0 fully saturated rings. The fraction of sp³-hybridized carbons (Fsp3) is 0.200. The van der Waals surface area contributed by atoms with Crippen molar-refractivity contribution in [2.24, 2.45) is 5.73 Å². The highest BCUT2D eigenvalue weighted by Gasteiger charge is 2.27. The van der Waals surface area contributed by atoms with Crippen molar-refractivity contribution in [3.63, 3.8) is 0 Å². The molecule has 1 unspecified atom stereocenters. The van der Waals surface area contributed by atoms with Crippen molar-refractivity contribution in [2.45, 2.75) is 5.54 Å². The molecule has 5 heteroatoms. The summed E-state index contributed by atoms with van der Waals surface area (Å²) < 4.78 is 31.2. The second-order valence-electron chi connectivity index (χ2n) is 4.54. The molecule has 0 radical (unpaired) electrons. The molecule has 0 bridgehead atoms. The Kier molecular flexibility index (Phi) is 4.32. The van der Waals surface area contributed by atoms with Crippen LogP contribution >= 0.6 is 0 Å². The molecule has 0 amide bonds. The van der Waals surface area contributed by atoms with E-state index in [4.69, 9.17) is 10.5 Å². The molecule has 2 aromatic carbocycles.